The Bertz CT molecular complexity index is 690. The zero-order valence-electron chi connectivity index (χ0n) is 15.6. The molecule has 5 nitrogen and oxygen atoms in total. The van der Waals surface area contributed by atoms with Crippen molar-refractivity contribution in [3.63, 3.8) is 0 Å². The Morgan fingerprint density at radius 3 is 2.00 bits per heavy atom. The van der Waals surface area contributed by atoms with Gasteiger partial charge < -0.3 is 19.7 Å². The van der Waals surface area contributed by atoms with Gasteiger partial charge >= 0.3 is 12.1 Å². The van der Waals surface area contributed by atoms with E-state index in [1.807, 2.05) is 38.4 Å². The molecule has 0 fully saturated rings. The van der Waals surface area contributed by atoms with Crippen LogP contribution in [0.25, 0.3) is 5.69 Å². The first-order chi connectivity index (χ1) is 12.4. The predicted molar refractivity (Wildman–Crippen MR) is 96.7 cm³/mol. The highest BCUT2D eigenvalue weighted by Crippen LogP contribution is 2.14. The fraction of sp³-hybridized carbons (Fsp3) is 0.421. The van der Waals surface area contributed by atoms with Gasteiger partial charge in [0.1, 0.15) is 0 Å². The molecule has 1 aromatic carbocycles. The maximum Gasteiger partial charge on any atom is 0.490 e. The van der Waals surface area contributed by atoms with Crippen LogP contribution in [0.3, 0.4) is 0 Å². The summed E-state index contributed by atoms with van der Waals surface area (Å²) in [4.78, 5) is 11.1. The van der Waals surface area contributed by atoms with Gasteiger partial charge in [0, 0.05) is 31.2 Å². The number of aliphatic carboxylic acids is 1. The molecule has 8 heteroatoms. The highest BCUT2D eigenvalue weighted by molar-refractivity contribution is 5.73. The number of carbonyl (C=O) groups is 1. The molecule has 150 valence electrons. The fourth-order valence-electron chi connectivity index (χ4n) is 2.14. The van der Waals surface area contributed by atoms with Crippen LogP contribution in [-0.4, -0.2) is 51.0 Å². The van der Waals surface area contributed by atoms with Crippen LogP contribution >= 0.6 is 0 Å². The number of hydrogen-bond donors (Lipinski definition) is 2. The standard InChI is InChI=1S/C17H24N2O.C2HF3O2/c1-17(2,20)10-13-18(3)14-15-6-8-16(9-7-15)19-11-4-5-12-19;3-2(4,5)1(6)7/h4-9,11-12,20H,10,13-14H2,1-3H3;(H,6,7). The van der Waals surface area contributed by atoms with Gasteiger partial charge in [0.25, 0.3) is 0 Å². The second kappa shape index (κ2) is 9.57. The van der Waals surface area contributed by atoms with Gasteiger partial charge in [0.05, 0.1) is 5.60 Å². The summed E-state index contributed by atoms with van der Waals surface area (Å²) < 4.78 is 33.8. The van der Waals surface area contributed by atoms with Gasteiger partial charge in [-0.3, -0.25) is 0 Å². The third kappa shape index (κ3) is 9.25. The van der Waals surface area contributed by atoms with Crippen LogP contribution < -0.4 is 0 Å². The number of alkyl halides is 3. The summed E-state index contributed by atoms with van der Waals surface area (Å²) in [5.74, 6) is -2.76. The second-order valence-electron chi connectivity index (χ2n) is 6.86. The molecule has 0 amide bonds. The quantitative estimate of drug-likeness (QED) is 0.795. The summed E-state index contributed by atoms with van der Waals surface area (Å²) in [6.45, 7) is 5.50. The summed E-state index contributed by atoms with van der Waals surface area (Å²) in [7, 11) is 2.09. The van der Waals surface area contributed by atoms with Crippen molar-refractivity contribution in [3.05, 3.63) is 54.4 Å². The molecular formula is C19H25F3N2O3. The van der Waals surface area contributed by atoms with Crippen LogP contribution in [0.2, 0.25) is 0 Å². The molecule has 2 N–H and O–H groups in total. The van der Waals surface area contributed by atoms with Crippen molar-refractivity contribution in [1.82, 2.24) is 9.47 Å². The molecule has 0 aliphatic rings. The number of rotatable bonds is 6. The molecule has 0 aliphatic carbocycles. The highest BCUT2D eigenvalue weighted by Gasteiger charge is 2.38. The molecule has 0 unspecified atom stereocenters. The maximum absolute atomic E-state index is 10.6. The van der Waals surface area contributed by atoms with Crippen LogP contribution in [0.4, 0.5) is 13.2 Å². The van der Waals surface area contributed by atoms with Crippen molar-refractivity contribution in [2.45, 2.75) is 38.6 Å². The Hall–Kier alpha value is -2.32. The first-order valence-electron chi connectivity index (χ1n) is 8.32. The minimum Gasteiger partial charge on any atom is -0.475 e. The molecule has 0 saturated carbocycles. The third-order valence-electron chi connectivity index (χ3n) is 3.64. The number of carboxylic acids is 1. The molecule has 0 radical (unpaired) electrons. The molecule has 0 spiro atoms. The van der Waals surface area contributed by atoms with E-state index in [1.54, 1.807) is 0 Å². The van der Waals surface area contributed by atoms with Crippen LogP contribution in [-0.2, 0) is 11.3 Å². The summed E-state index contributed by atoms with van der Waals surface area (Å²) >= 11 is 0. The highest BCUT2D eigenvalue weighted by atomic mass is 19.4. The largest absolute Gasteiger partial charge is 0.490 e. The molecule has 2 rings (SSSR count). The third-order valence-corrected chi connectivity index (χ3v) is 3.64. The number of halogens is 3. The van der Waals surface area contributed by atoms with E-state index in [1.165, 1.54) is 11.3 Å². The topological polar surface area (TPSA) is 65.7 Å². The summed E-state index contributed by atoms with van der Waals surface area (Å²) in [5, 5.41) is 16.9. The van der Waals surface area contributed by atoms with Crippen molar-refractivity contribution >= 4 is 5.97 Å². The number of hydrogen-bond acceptors (Lipinski definition) is 3. The first kappa shape index (κ1) is 22.7. The summed E-state index contributed by atoms with van der Waals surface area (Å²) in [6.07, 6.45) is -0.208. The van der Waals surface area contributed by atoms with Gasteiger partial charge in [-0.25, -0.2) is 4.79 Å². The van der Waals surface area contributed by atoms with Gasteiger partial charge in [-0.05, 0) is 57.1 Å². The van der Waals surface area contributed by atoms with E-state index >= 15 is 0 Å². The van der Waals surface area contributed by atoms with Gasteiger partial charge in [0.15, 0.2) is 0 Å². The lowest BCUT2D eigenvalue weighted by Crippen LogP contribution is -2.28. The van der Waals surface area contributed by atoms with E-state index in [2.05, 4.69) is 40.8 Å². The second-order valence-corrected chi connectivity index (χ2v) is 6.86. The van der Waals surface area contributed by atoms with Crippen molar-refractivity contribution in [3.8, 4) is 5.69 Å². The normalized spacial score (nSPS) is 11.9. The first-order valence-corrected chi connectivity index (χ1v) is 8.32. The average Bonchev–Trinajstić information content (AvgIpc) is 3.07. The van der Waals surface area contributed by atoms with Crippen LogP contribution in [0.15, 0.2) is 48.8 Å². The van der Waals surface area contributed by atoms with Gasteiger partial charge in [0.2, 0.25) is 0 Å². The number of nitrogens with zero attached hydrogens (tertiary/aromatic N) is 2. The number of aliphatic hydroxyl groups is 1. The van der Waals surface area contributed by atoms with Crippen molar-refractivity contribution in [2.75, 3.05) is 13.6 Å². The number of benzene rings is 1. The Labute approximate surface area is 156 Å². The van der Waals surface area contributed by atoms with Crippen molar-refractivity contribution in [1.29, 1.82) is 0 Å². The smallest absolute Gasteiger partial charge is 0.475 e. The van der Waals surface area contributed by atoms with Gasteiger partial charge in [-0.1, -0.05) is 12.1 Å². The number of aromatic nitrogens is 1. The Balaban J connectivity index is 0.000000445. The molecule has 0 atom stereocenters. The van der Waals surface area contributed by atoms with Crippen molar-refractivity contribution < 1.29 is 28.2 Å². The summed E-state index contributed by atoms with van der Waals surface area (Å²) in [6, 6.07) is 12.7. The van der Waals surface area contributed by atoms with Crippen LogP contribution in [0, 0.1) is 0 Å². The zero-order valence-corrected chi connectivity index (χ0v) is 15.6. The monoisotopic (exact) mass is 386 g/mol. The van der Waals surface area contributed by atoms with E-state index in [9.17, 15) is 18.3 Å². The average molecular weight is 386 g/mol. The molecule has 1 aromatic heterocycles. The Morgan fingerprint density at radius 1 is 1.11 bits per heavy atom. The van der Waals surface area contributed by atoms with E-state index in [0.717, 1.165) is 19.5 Å². The minimum absolute atomic E-state index is 0.591. The SMILES string of the molecule is CN(CCC(C)(C)O)Cc1ccc(-n2cccc2)cc1.O=C(O)C(F)(F)F. The molecule has 2 aromatic rings. The van der Waals surface area contributed by atoms with E-state index in [-0.39, 0.29) is 0 Å². The van der Waals surface area contributed by atoms with Crippen LogP contribution in [0.1, 0.15) is 25.8 Å². The molecule has 1 heterocycles. The lowest BCUT2D eigenvalue weighted by atomic mass is 10.1. The maximum atomic E-state index is 10.6. The van der Waals surface area contributed by atoms with Crippen molar-refractivity contribution in [2.24, 2.45) is 0 Å². The molecule has 27 heavy (non-hydrogen) atoms. The predicted octanol–water partition coefficient (Wildman–Crippen LogP) is 3.70. The van der Waals surface area contributed by atoms with E-state index < -0.39 is 17.7 Å². The Morgan fingerprint density at radius 2 is 1.59 bits per heavy atom. The van der Waals surface area contributed by atoms with Gasteiger partial charge in [-0.15, -0.1) is 0 Å². The molecule has 0 bridgehead atoms. The zero-order chi connectivity index (χ0) is 20.7. The van der Waals surface area contributed by atoms with Crippen LogP contribution in [0.5, 0.6) is 0 Å². The van der Waals surface area contributed by atoms with E-state index in [0.29, 0.717) is 0 Å². The number of carboxylic acid groups (broad SMARTS) is 1. The lowest BCUT2D eigenvalue weighted by molar-refractivity contribution is -0.192. The fourth-order valence-corrected chi connectivity index (χ4v) is 2.14. The lowest BCUT2D eigenvalue weighted by Gasteiger charge is -2.22. The molecule has 0 aliphatic heterocycles. The minimum atomic E-state index is -5.08. The Kier molecular flexibility index (Phi) is 8.05. The summed E-state index contributed by atoms with van der Waals surface area (Å²) in [5.41, 5.74) is 1.88. The molecular weight excluding hydrogens is 361 g/mol. The molecule has 0 saturated heterocycles. The van der Waals surface area contributed by atoms with Gasteiger partial charge in [-0.2, -0.15) is 13.2 Å². The van der Waals surface area contributed by atoms with E-state index in [4.69, 9.17) is 9.90 Å².